The Morgan fingerprint density at radius 3 is 2.82 bits per heavy atom. The SMILES string of the molecule is CC1(C)CCN(c2ccccc2C#N)CCN1. The van der Waals surface area contributed by atoms with Gasteiger partial charge in [-0.1, -0.05) is 12.1 Å². The summed E-state index contributed by atoms with van der Waals surface area (Å²) in [7, 11) is 0. The van der Waals surface area contributed by atoms with Crippen LogP contribution >= 0.6 is 0 Å². The maximum atomic E-state index is 9.13. The number of anilines is 1. The van der Waals surface area contributed by atoms with E-state index >= 15 is 0 Å². The van der Waals surface area contributed by atoms with Crippen LogP contribution < -0.4 is 10.2 Å². The number of nitrogens with zero attached hydrogens (tertiary/aromatic N) is 2. The highest BCUT2D eigenvalue weighted by molar-refractivity contribution is 5.59. The second-order valence-electron chi connectivity index (χ2n) is 5.18. The monoisotopic (exact) mass is 229 g/mol. The zero-order valence-corrected chi connectivity index (χ0v) is 10.5. The zero-order valence-electron chi connectivity index (χ0n) is 10.5. The minimum absolute atomic E-state index is 0.191. The largest absolute Gasteiger partial charge is 0.369 e. The Bertz CT molecular complexity index is 431. The van der Waals surface area contributed by atoms with Crippen LogP contribution in [0.3, 0.4) is 0 Å². The molecule has 0 unspecified atom stereocenters. The van der Waals surface area contributed by atoms with Crippen molar-refractivity contribution in [2.75, 3.05) is 24.5 Å². The van der Waals surface area contributed by atoms with Gasteiger partial charge in [0.05, 0.1) is 11.3 Å². The molecular formula is C14H19N3. The van der Waals surface area contributed by atoms with Crippen LogP contribution in [0.25, 0.3) is 0 Å². The van der Waals surface area contributed by atoms with Gasteiger partial charge in [-0.15, -0.1) is 0 Å². The van der Waals surface area contributed by atoms with Crippen molar-refractivity contribution in [1.29, 1.82) is 5.26 Å². The summed E-state index contributed by atoms with van der Waals surface area (Å²) in [5.74, 6) is 0. The van der Waals surface area contributed by atoms with E-state index in [1.807, 2.05) is 24.3 Å². The number of nitriles is 1. The maximum Gasteiger partial charge on any atom is 0.101 e. The third-order valence-electron chi connectivity index (χ3n) is 3.36. The predicted molar refractivity (Wildman–Crippen MR) is 70.1 cm³/mol. The fourth-order valence-corrected chi connectivity index (χ4v) is 2.23. The Hall–Kier alpha value is -1.53. The molecule has 2 rings (SSSR count). The molecule has 0 amide bonds. The van der Waals surface area contributed by atoms with E-state index in [1.165, 1.54) is 0 Å². The van der Waals surface area contributed by atoms with E-state index in [2.05, 4.69) is 30.1 Å². The van der Waals surface area contributed by atoms with Crippen LogP contribution in [-0.4, -0.2) is 25.2 Å². The Morgan fingerprint density at radius 2 is 2.06 bits per heavy atom. The lowest BCUT2D eigenvalue weighted by Gasteiger charge is -2.25. The molecule has 0 aromatic heterocycles. The summed E-state index contributed by atoms with van der Waals surface area (Å²) < 4.78 is 0. The molecule has 1 fully saturated rings. The second-order valence-corrected chi connectivity index (χ2v) is 5.18. The highest BCUT2D eigenvalue weighted by Gasteiger charge is 2.23. The van der Waals surface area contributed by atoms with E-state index in [0.29, 0.717) is 0 Å². The number of benzene rings is 1. The molecule has 90 valence electrons. The van der Waals surface area contributed by atoms with Crippen LogP contribution in [0.1, 0.15) is 25.8 Å². The first-order valence-electron chi connectivity index (χ1n) is 6.11. The molecule has 0 saturated carbocycles. The summed E-state index contributed by atoms with van der Waals surface area (Å²) in [6, 6.07) is 10.1. The molecular weight excluding hydrogens is 210 g/mol. The number of hydrogen-bond acceptors (Lipinski definition) is 3. The lowest BCUT2D eigenvalue weighted by atomic mass is 10.0. The van der Waals surface area contributed by atoms with E-state index in [9.17, 15) is 0 Å². The normalized spacial score (nSPS) is 19.5. The predicted octanol–water partition coefficient (Wildman–Crippen LogP) is 2.14. The molecule has 0 radical (unpaired) electrons. The molecule has 3 heteroatoms. The van der Waals surface area contributed by atoms with Crippen LogP contribution in [0.5, 0.6) is 0 Å². The van der Waals surface area contributed by atoms with Gasteiger partial charge in [0, 0.05) is 25.2 Å². The van der Waals surface area contributed by atoms with E-state index in [0.717, 1.165) is 37.3 Å². The van der Waals surface area contributed by atoms with Crippen molar-refractivity contribution < 1.29 is 0 Å². The summed E-state index contributed by atoms with van der Waals surface area (Å²) >= 11 is 0. The van der Waals surface area contributed by atoms with Crippen molar-refractivity contribution in [3.8, 4) is 6.07 Å². The molecule has 1 aliphatic rings. The van der Waals surface area contributed by atoms with Crippen LogP contribution in [-0.2, 0) is 0 Å². The Balaban J connectivity index is 2.20. The molecule has 1 heterocycles. The van der Waals surface area contributed by atoms with Crippen LogP contribution in [0.4, 0.5) is 5.69 Å². The van der Waals surface area contributed by atoms with Gasteiger partial charge in [0.2, 0.25) is 0 Å². The molecule has 0 aliphatic carbocycles. The van der Waals surface area contributed by atoms with Crippen molar-refractivity contribution in [2.45, 2.75) is 25.8 Å². The van der Waals surface area contributed by atoms with Gasteiger partial charge in [-0.2, -0.15) is 5.26 Å². The minimum Gasteiger partial charge on any atom is -0.369 e. The summed E-state index contributed by atoms with van der Waals surface area (Å²) in [4.78, 5) is 2.31. The molecule has 1 aromatic rings. The lowest BCUT2D eigenvalue weighted by Crippen LogP contribution is -2.39. The van der Waals surface area contributed by atoms with Crippen molar-refractivity contribution in [1.82, 2.24) is 5.32 Å². The van der Waals surface area contributed by atoms with Crippen LogP contribution in [0.15, 0.2) is 24.3 Å². The minimum atomic E-state index is 0.191. The molecule has 0 atom stereocenters. The van der Waals surface area contributed by atoms with E-state index in [-0.39, 0.29) is 5.54 Å². The molecule has 1 saturated heterocycles. The van der Waals surface area contributed by atoms with Gasteiger partial charge in [-0.3, -0.25) is 0 Å². The van der Waals surface area contributed by atoms with Gasteiger partial charge in [0.1, 0.15) is 6.07 Å². The first kappa shape index (κ1) is 11.9. The highest BCUT2D eigenvalue weighted by Crippen LogP contribution is 2.22. The lowest BCUT2D eigenvalue weighted by molar-refractivity contribution is 0.394. The number of para-hydroxylation sites is 1. The van der Waals surface area contributed by atoms with Crippen molar-refractivity contribution in [3.05, 3.63) is 29.8 Å². The number of rotatable bonds is 1. The van der Waals surface area contributed by atoms with Crippen molar-refractivity contribution in [2.24, 2.45) is 0 Å². The average Bonchev–Trinajstić information content (AvgIpc) is 2.50. The summed E-state index contributed by atoms with van der Waals surface area (Å²) in [6.45, 7) is 7.38. The fraction of sp³-hybridized carbons (Fsp3) is 0.500. The smallest absolute Gasteiger partial charge is 0.101 e. The first-order chi connectivity index (χ1) is 8.12. The van der Waals surface area contributed by atoms with Crippen molar-refractivity contribution in [3.63, 3.8) is 0 Å². The Labute approximate surface area is 103 Å². The Morgan fingerprint density at radius 1 is 1.29 bits per heavy atom. The van der Waals surface area contributed by atoms with Crippen LogP contribution in [0.2, 0.25) is 0 Å². The molecule has 1 aromatic carbocycles. The summed E-state index contributed by atoms with van der Waals surface area (Å²) in [5, 5.41) is 12.7. The van der Waals surface area contributed by atoms with E-state index in [1.54, 1.807) is 0 Å². The molecule has 1 N–H and O–H groups in total. The van der Waals surface area contributed by atoms with E-state index < -0.39 is 0 Å². The fourth-order valence-electron chi connectivity index (χ4n) is 2.23. The summed E-state index contributed by atoms with van der Waals surface area (Å²) in [5.41, 5.74) is 2.03. The highest BCUT2D eigenvalue weighted by atomic mass is 15.2. The van der Waals surface area contributed by atoms with Crippen molar-refractivity contribution >= 4 is 5.69 Å². The van der Waals surface area contributed by atoms with Gasteiger partial charge in [-0.25, -0.2) is 0 Å². The Kier molecular flexibility index (Phi) is 3.35. The van der Waals surface area contributed by atoms with Gasteiger partial charge in [0.25, 0.3) is 0 Å². The van der Waals surface area contributed by atoms with Gasteiger partial charge in [-0.05, 0) is 32.4 Å². The maximum absolute atomic E-state index is 9.13. The molecule has 0 bridgehead atoms. The third-order valence-corrected chi connectivity index (χ3v) is 3.36. The first-order valence-corrected chi connectivity index (χ1v) is 6.11. The third kappa shape index (κ3) is 2.78. The molecule has 1 aliphatic heterocycles. The number of hydrogen-bond donors (Lipinski definition) is 1. The topological polar surface area (TPSA) is 39.1 Å². The zero-order chi connectivity index (χ0) is 12.3. The quantitative estimate of drug-likeness (QED) is 0.802. The van der Waals surface area contributed by atoms with E-state index in [4.69, 9.17) is 5.26 Å². The summed E-state index contributed by atoms with van der Waals surface area (Å²) in [6.07, 6.45) is 1.09. The van der Waals surface area contributed by atoms with Gasteiger partial charge < -0.3 is 10.2 Å². The molecule has 17 heavy (non-hydrogen) atoms. The molecule has 0 spiro atoms. The number of nitrogens with one attached hydrogen (secondary N) is 1. The van der Waals surface area contributed by atoms with Gasteiger partial charge >= 0.3 is 0 Å². The standard InChI is InChI=1S/C14H19N3/c1-14(2)7-9-17(10-8-16-14)13-6-4-3-5-12(13)11-15/h3-6,16H,7-10H2,1-2H3. The van der Waals surface area contributed by atoms with Gasteiger partial charge in [0.15, 0.2) is 0 Å². The van der Waals surface area contributed by atoms with Crippen LogP contribution in [0, 0.1) is 11.3 Å². The molecule has 3 nitrogen and oxygen atoms in total. The average molecular weight is 229 g/mol. The second kappa shape index (κ2) is 4.77.